The molecular weight excluding hydrogens is 394 g/mol. The molecule has 2 aromatic carbocycles. The van der Waals surface area contributed by atoms with Gasteiger partial charge in [0.05, 0.1) is 21.2 Å². The Labute approximate surface area is 162 Å². The van der Waals surface area contributed by atoms with Crippen molar-refractivity contribution in [2.75, 3.05) is 5.32 Å². The van der Waals surface area contributed by atoms with Gasteiger partial charge < -0.3 is 5.32 Å². The molecule has 26 heavy (non-hydrogen) atoms. The third kappa shape index (κ3) is 3.52. The lowest BCUT2D eigenvalue weighted by molar-refractivity contribution is -0.385. The van der Waals surface area contributed by atoms with Crippen LogP contribution in [0.2, 0.25) is 5.02 Å². The van der Waals surface area contributed by atoms with E-state index in [1.807, 2.05) is 24.3 Å². The first-order chi connectivity index (χ1) is 12.4. The van der Waals surface area contributed by atoms with Crippen LogP contribution in [-0.4, -0.2) is 15.9 Å². The number of hydrogen-bond donors (Lipinski definition) is 2. The van der Waals surface area contributed by atoms with Gasteiger partial charge in [-0.3, -0.25) is 20.2 Å². The maximum Gasteiger partial charge on any atom is 0.274 e. The molecule has 2 N–H and O–H groups in total. The maximum atomic E-state index is 12.5. The Balaban J connectivity index is 1.78. The number of carbonyl (C=O) groups excluding carboxylic acids is 1. The van der Waals surface area contributed by atoms with E-state index >= 15 is 0 Å². The van der Waals surface area contributed by atoms with Gasteiger partial charge in [-0.2, -0.15) is 0 Å². The van der Waals surface area contributed by atoms with Crippen LogP contribution in [0, 0.1) is 17.0 Å². The first kappa shape index (κ1) is 18.2. The third-order valence-electron chi connectivity index (χ3n) is 3.72. The average Bonchev–Trinajstić information content (AvgIpc) is 2.94. The number of carbonyl (C=O) groups is 1. The second-order valence-electron chi connectivity index (χ2n) is 5.36. The highest BCUT2D eigenvalue weighted by Crippen LogP contribution is 2.35. The molecule has 6 nitrogen and oxygen atoms in total. The summed E-state index contributed by atoms with van der Waals surface area (Å²) in [6.07, 6.45) is 0. The van der Waals surface area contributed by atoms with E-state index in [4.69, 9.17) is 23.8 Å². The van der Waals surface area contributed by atoms with Crippen molar-refractivity contribution in [1.82, 2.24) is 5.32 Å². The van der Waals surface area contributed by atoms with Crippen molar-refractivity contribution in [1.29, 1.82) is 0 Å². The van der Waals surface area contributed by atoms with Crippen LogP contribution in [0.3, 0.4) is 0 Å². The van der Waals surface area contributed by atoms with Gasteiger partial charge in [-0.05, 0) is 31.3 Å². The van der Waals surface area contributed by atoms with Crippen LogP contribution >= 0.6 is 35.2 Å². The fraction of sp³-hybridized carbons (Fsp3) is 0.0588. The number of nitrogens with zero attached hydrogens (tertiary/aromatic N) is 1. The Kier molecular flexibility index (Phi) is 5.17. The molecule has 0 aliphatic rings. The second kappa shape index (κ2) is 7.36. The smallest absolute Gasteiger partial charge is 0.274 e. The summed E-state index contributed by atoms with van der Waals surface area (Å²) in [6.45, 7) is 1.60. The normalized spacial score (nSPS) is 10.5. The predicted molar refractivity (Wildman–Crippen MR) is 108 cm³/mol. The summed E-state index contributed by atoms with van der Waals surface area (Å²) in [6, 6.07) is 12.0. The first-order valence-corrected chi connectivity index (χ1v) is 9.02. The van der Waals surface area contributed by atoms with Crippen LogP contribution in [0.25, 0.3) is 10.1 Å². The maximum absolute atomic E-state index is 12.5. The molecule has 0 spiro atoms. The van der Waals surface area contributed by atoms with Crippen molar-refractivity contribution < 1.29 is 9.72 Å². The molecule has 0 saturated heterocycles. The highest BCUT2D eigenvalue weighted by molar-refractivity contribution is 7.80. The van der Waals surface area contributed by atoms with Gasteiger partial charge >= 0.3 is 0 Å². The minimum atomic E-state index is -0.473. The van der Waals surface area contributed by atoms with Gasteiger partial charge in [0.2, 0.25) is 0 Å². The lowest BCUT2D eigenvalue weighted by Crippen LogP contribution is -2.34. The molecule has 1 amide bonds. The first-order valence-electron chi connectivity index (χ1n) is 7.42. The van der Waals surface area contributed by atoms with E-state index in [-0.39, 0.29) is 10.8 Å². The summed E-state index contributed by atoms with van der Waals surface area (Å²) in [7, 11) is 0. The number of nitrogens with one attached hydrogen (secondary N) is 2. The zero-order valence-electron chi connectivity index (χ0n) is 13.4. The lowest BCUT2D eigenvalue weighted by atomic mass is 10.1. The SMILES string of the molecule is Cc1c(NC(=S)NC(=O)c2sc3ccccc3c2Cl)cccc1[N+](=O)[O-]. The van der Waals surface area contributed by atoms with Gasteiger partial charge in [-0.15, -0.1) is 11.3 Å². The molecule has 0 aliphatic carbocycles. The summed E-state index contributed by atoms with van der Waals surface area (Å²) in [5.41, 5.74) is 0.845. The van der Waals surface area contributed by atoms with Crippen LogP contribution in [0.5, 0.6) is 0 Å². The third-order valence-corrected chi connectivity index (χ3v) is 5.60. The Hall–Kier alpha value is -2.55. The van der Waals surface area contributed by atoms with Crippen LogP contribution in [-0.2, 0) is 0 Å². The highest BCUT2D eigenvalue weighted by Gasteiger charge is 2.19. The van der Waals surface area contributed by atoms with Gasteiger partial charge in [0.1, 0.15) is 4.88 Å². The number of nitro benzene ring substituents is 1. The molecule has 9 heteroatoms. The van der Waals surface area contributed by atoms with Gasteiger partial charge in [-0.1, -0.05) is 35.9 Å². The molecule has 0 radical (unpaired) electrons. The number of amides is 1. The number of rotatable bonds is 3. The molecule has 0 aliphatic heterocycles. The topological polar surface area (TPSA) is 84.3 Å². The van der Waals surface area contributed by atoms with Crippen molar-refractivity contribution in [2.45, 2.75) is 6.92 Å². The minimum Gasteiger partial charge on any atom is -0.332 e. The van der Waals surface area contributed by atoms with Crippen molar-refractivity contribution in [2.24, 2.45) is 0 Å². The second-order valence-corrected chi connectivity index (χ2v) is 7.19. The summed E-state index contributed by atoms with van der Waals surface area (Å²) in [4.78, 5) is 23.4. The standard InChI is InChI=1S/C17H12ClN3O3S2/c1-9-11(6-4-7-12(9)21(23)24)19-17(25)20-16(22)15-14(18)10-5-2-3-8-13(10)26-15/h2-8H,1H3,(H2,19,20,22,25). The van der Waals surface area contributed by atoms with E-state index in [2.05, 4.69) is 10.6 Å². The molecule has 0 saturated carbocycles. The number of fused-ring (bicyclic) bond motifs is 1. The summed E-state index contributed by atoms with van der Waals surface area (Å²) >= 11 is 12.7. The van der Waals surface area contributed by atoms with Gasteiger partial charge in [0, 0.05) is 16.2 Å². The zero-order valence-corrected chi connectivity index (χ0v) is 15.8. The monoisotopic (exact) mass is 405 g/mol. The Morgan fingerprint density at radius 2 is 1.96 bits per heavy atom. The Morgan fingerprint density at radius 3 is 2.65 bits per heavy atom. The minimum absolute atomic E-state index is 0.0309. The predicted octanol–water partition coefficient (Wildman–Crippen LogP) is 4.90. The van der Waals surface area contributed by atoms with E-state index in [9.17, 15) is 14.9 Å². The number of thiocarbonyl (C=S) groups is 1. The molecule has 1 heterocycles. The molecule has 0 bridgehead atoms. The lowest BCUT2D eigenvalue weighted by Gasteiger charge is -2.11. The molecular formula is C17H12ClN3O3S2. The molecule has 132 valence electrons. The van der Waals surface area contributed by atoms with E-state index in [0.717, 1.165) is 10.1 Å². The average molecular weight is 406 g/mol. The molecule has 0 fully saturated rings. The van der Waals surface area contributed by atoms with Crippen LogP contribution in [0.4, 0.5) is 11.4 Å². The number of thiophene rings is 1. The number of hydrogen-bond acceptors (Lipinski definition) is 5. The van der Waals surface area contributed by atoms with Gasteiger partial charge in [-0.25, -0.2) is 0 Å². The van der Waals surface area contributed by atoms with E-state index in [1.165, 1.54) is 17.4 Å². The van der Waals surface area contributed by atoms with Crippen LogP contribution in [0.15, 0.2) is 42.5 Å². The van der Waals surface area contributed by atoms with E-state index < -0.39 is 10.8 Å². The number of halogens is 1. The van der Waals surface area contributed by atoms with Gasteiger partial charge in [0.15, 0.2) is 5.11 Å². The van der Waals surface area contributed by atoms with Crippen LogP contribution in [0.1, 0.15) is 15.2 Å². The Bertz CT molecular complexity index is 1050. The van der Waals surface area contributed by atoms with E-state index in [1.54, 1.807) is 19.1 Å². The number of benzene rings is 2. The fourth-order valence-corrected chi connectivity index (χ4v) is 4.05. The molecule has 3 rings (SSSR count). The summed E-state index contributed by atoms with van der Waals surface area (Å²) in [5.74, 6) is -0.434. The summed E-state index contributed by atoms with van der Waals surface area (Å²) in [5, 5.41) is 17.6. The van der Waals surface area contributed by atoms with Crippen molar-refractivity contribution >= 4 is 67.6 Å². The fourth-order valence-electron chi connectivity index (χ4n) is 2.43. The molecule has 0 unspecified atom stereocenters. The molecule has 1 aromatic heterocycles. The van der Waals surface area contributed by atoms with Crippen molar-refractivity contribution in [3.63, 3.8) is 0 Å². The molecule has 0 atom stereocenters. The van der Waals surface area contributed by atoms with Crippen molar-refractivity contribution in [3.8, 4) is 0 Å². The van der Waals surface area contributed by atoms with Crippen LogP contribution < -0.4 is 10.6 Å². The number of nitro groups is 1. The summed E-state index contributed by atoms with van der Waals surface area (Å²) < 4.78 is 0.899. The largest absolute Gasteiger partial charge is 0.332 e. The van der Waals surface area contributed by atoms with Gasteiger partial charge in [0.25, 0.3) is 11.6 Å². The highest BCUT2D eigenvalue weighted by atomic mass is 35.5. The molecule has 3 aromatic rings. The quantitative estimate of drug-likeness (QED) is 0.368. The van der Waals surface area contributed by atoms with Crippen molar-refractivity contribution in [3.05, 3.63) is 68.0 Å². The zero-order chi connectivity index (χ0) is 18.8. The number of anilines is 1. The Morgan fingerprint density at radius 1 is 1.23 bits per heavy atom. The van der Waals surface area contributed by atoms with E-state index in [0.29, 0.717) is 21.2 Å².